The lowest BCUT2D eigenvalue weighted by atomic mass is 10.3. The number of rotatable bonds is 8. The van der Waals surface area contributed by atoms with Gasteiger partial charge in [-0.25, -0.2) is 4.39 Å². The first-order valence-electron chi connectivity index (χ1n) is 8.16. The Hall–Kier alpha value is -2.81. The van der Waals surface area contributed by atoms with Crippen LogP contribution in [0, 0.1) is 5.82 Å². The summed E-state index contributed by atoms with van der Waals surface area (Å²) >= 11 is 1.13. The molecule has 142 valence electrons. The number of hydrogen-bond acceptors (Lipinski definition) is 7. The van der Waals surface area contributed by atoms with E-state index in [1.165, 1.54) is 12.1 Å². The zero-order valence-electron chi connectivity index (χ0n) is 14.8. The number of furan rings is 1. The van der Waals surface area contributed by atoms with Crippen LogP contribution in [0.1, 0.15) is 24.7 Å². The van der Waals surface area contributed by atoms with E-state index in [9.17, 15) is 9.18 Å². The molecule has 0 aliphatic carbocycles. The second kappa shape index (κ2) is 8.72. The molecular weight excluding hydrogens is 373 g/mol. The molecule has 3 aromatic rings. The van der Waals surface area contributed by atoms with Crippen molar-refractivity contribution in [2.75, 3.05) is 12.8 Å². The van der Waals surface area contributed by atoms with Gasteiger partial charge < -0.3 is 18.5 Å². The monoisotopic (exact) mass is 391 g/mol. The van der Waals surface area contributed by atoms with E-state index in [-0.39, 0.29) is 28.5 Å². The molecular formula is C18H18FN3O4S. The molecule has 1 aromatic carbocycles. The van der Waals surface area contributed by atoms with E-state index in [1.807, 2.05) is 0 Å². The lowest BCUT2D eigenvalue weighted by Crippen LogP contribution is -2.27. The van der Waals surface area contributed by atoms with Crippen LogP contribution in [0.2, 0.25) is 0 Å². The van der Waals surface area contributed by atoms with Crippen molar-refractivity contribution in [3.8, 4) is 5.75 Å². The number of hydrogen-bond donors (Lipinski definition) is 0. The van der Waals surface area contributed by atoms with E-state index in [4.69, 9.17) is 13.6 Å². The standard InChI is InChI=1S/C18H18FN3O4S/c1-12(25-15-8-4-3-7-14(15)19)17-20-21-18(26-17)27-11-16(23)22(2)10-13-6-5-9-24-13/h3-9,12H,10-11H2,1-2H3. The third kappa shape index (κ3) is 5.10. The number of carbonyl (C=O) groups is 1. The molecule has 7 nitrogen and oxygen atoms in total. The molecule has 2 heterocycles. The lowest BCUT2D eigenvalue weighted by molar-refractivity contribution is -0.127. The summed E-state index contributed by atoms with van der Waals surface area (Å²) in [6.45, 7) is 2.06. The van der Waals surface area contributed by atoms with Crippen LogP contribution >= 0.6 is 11.8 Å². The van der Waals surface area contributed by atoms with Gasteiger partial charge in [-0.15, -0.1) is 10.2 Å². The maximum absolute atomic E-state index is 13.6. The van der Waals surface area contributed by atoms with Gasteiger partial charge in [0.15, 0.2) is 17.7 Å². The average molecular weight is 391 g/mol. The van der Waals surface area contributed by atoms with Gasteiger partial charge in [-0.2, -0.15) is 0 Å². The normalized spacial score (nSPS) is 12.0. The first kappa shape index (κ1) is 19.0. The number of benzene rings is 1. The maximum atomic E-state index is 13.6. The summed E-state index contributed by atoms with van der Waals surface area (Å²) < 4.78 is 29.9. The van der Waals surface area contributed by atoms with Gasteiger partial charge in [0.05, 0.1) is 18.6 Å². The molecule has 1 atom stereocenters. The summed E-state index contributed by atoms with van der Waals surface area (Å²) in [6, 6.07) is 9.65. The highest BCUT2D eigenvalue weighted by atomic mass is 32.2. The van der Waals surface area contributed by atoms with Crippen molar-refractivity contribution in [2.24, 2.45) is 0 Å². The predicted octanol–water partition coefficient (Wildman–Crippen LogP) is 3.69. The average Bonchev–Trinajstić information content (AvgIpc) is 3.33. The number of para-hydroxylation sites is 1. The molecule has 2 aromatic heterocycles. The first-order valence-corrected chi connectivity index (χ1v) is 9.15. The number of amides is 1. The van der Waals surface area contributed by atoms with E-state index in [0.717, 1.165) is 11.8 Å². The number of carbonyl (C=O) groups excluding carboxylic acids is 1. The molecule has 0 aliphatic heterocycles. The maximum Gasteiger partial charge on any atom is 0.277 e. The zero-order valence-corrected chi connectivity index (χ0v) is 15.6. The third-order valence-corrected chi connectivity index (χ3v) is 4.43. The Morgan fingerprint density at radius 3 is 2.85 bits per heavy atom. The summed E-state index contributed by atoms with van der Waals surface area (Å²) in [6.07, 6.45) is 0.938. The van der Waals surface area contributed by atoms with Gasteiger partial charge in [0.1, 0.15) is 5.76 Å². The number of ether oxygens (including phenoxy) is 1. The van der Waals surface area contributed by atoms with Crippen molar-refractivity contribution < 1.29 is 22.8 Å². The molecule has 0 saturated heterocycles. The number of thioether (sulfide) groups is 1. The van der Waals surface area contributed by atoms with Crippen LogP contribution in [-0.4, -0.2) is 33.8 Å². The molecule has 27 heavy (non-hydrogen) atoms. The molecule has 0 spiro atoms. The Morgan fingerprint density at radius 1 is 1.30 bits per heavy atom. The fourth-order valence-electron chi connectivity index (χ4n) is 2.18. The minimum atomic E-state index is -0.624. The van der Waals surface area contributed by atoms with Gasteiger partial charge >= 0.3 is 0 Å². The largest absolute Gasteiger partial charge is 0.478 e. The van der Waals surface area contributed by atoms with Crippen molar-refractivity contribution >= 4 is 17.7 Å². The zero-order chi connectivity index (χ0) is 19.2. The van der Waals surface area contributed by atoms with Gasteiger partial charge in [0.2, 0.25) is 5.91 Å². The van der Waals surface area contributed by atoms with E-state index in [2.05, 4.69) is 10.2 Å². The first-order chi connectivity index (χ1) is 13.0. The predicted molar refractivity (Wildman–Crippen MR) is 95.6 cm³/mol. The molecule has 0 N–H and O–H groups in total. The van der Waals surface area contributed by atoms with E-state index >= 15 is 0 Å². The fraction of sp³-hybridized carbons (Fsp3) is 0.278. The highest BCUT2D eigenvalue weighted by molar-refractivity contribution is 7.99. The SMILES string of the molecule is CC(Oc1ccccc1F)c1nnc(SCC(=O)N(C)Cc2ccco2)o1. The summed E-state index contributed by atoms with van der Waals surface area (Å²) in [7, 11) is 1.69. The van der Waals surface area contributed by atoms with Gasteiger partial charge in [-0.3, -0.25) is 4.79 Å². The Morgan fingerprint density at radius 2 is 2.11 bits per heavy atom. The van der Waals surface area contributed by atoms with Crippen LogP contribution in [0.5, 0.6) is 5.75 Å². The second-order valence-electron chi connectivity index (χ2n) is 5.71. The van der Waals surface area contributed by atoms with Crippen molar-refractivity contribution in [2.45, 2.75) is 24.8 Å². The molecule has 0 saturated carbocycles. The second-order valence-corrected chi connectivity index (χ2v) is 6.64. The van der Waals surface area contributed by atoms with Crippen LogP contribution in [0.15, 0.2) is 56.7 Å². The molecule has 1 unspecified atom stereocenters. The smallest absolute Gasteiger partial charge is 0.277 e. The van der Waals surface area contributed by atoms with Gasteiger partial charge in [0, 0.05) is 7.05 Å². The van der Waals surface area contributed by atoms with Crippen molar-refractivity contribution in [3.05, 3.63) is 60.1 Å². The molecule has 0 aliphatic rings. The molecule has 0 radical (unpaired) electrons. The van der Waals surface area contributed by atoms with Crippen LogP contribution in [-0.2, 0) is 11.3 Å². The summed E-state index contributed by atoms with van der Waals surface area (Å²) in [4.78, 5) is 13.7. The number of nitrogens with zero attached hydrogens (tertiary/aromatic N) is 3. The van der Waals surface area contributed by atoms with Crippen molar-refractivity contribution in [3.63, 3.8) is 0 Å². The minimum absolute atomic E-state index is 0.104. The summed E-state index contributed by atoms with van der Waals surface area (Å²) in [5.74, 6) is 0.580. The Labute approximate surface area is 159 Å². The van der Waals surface area contributed by atoms with Crippen LogP contribution < -0.4 is 4.74 Å². The van der Waals surface area contributed by atoms with Crippen LogP contribution in [0.4, 0.5) is 4.39 Å². The summed E-state index contributed by atoms with van der Waals surface area (Å²) in [5.41, 5.74) is 0. The number of halogens is 1. The van der Waals surface area contributed by atoms with Crippen LogP contribution in [0.3, 0.4) is 0 Å². The minimum Gasteiger partial charge on any atom is -0.478 e. The molecule has 3 rings (SSSR count). The third-order valence-electron chi connectivity index (χ3n) is 3.63. The fourth-order valence-corrected chi connectivity index (χ4v) is 2.89. The van der Waals surface area contributed by atoms with Crippen molar-refractivity contribution in [1.82, 2.24) is 15.1 Å². The molecule has 9 heteroatoms. The Bertz CT molecular complexity index is 884. The highest BCUT2D eigenvalue weighted by Gasteiger charge is 2.19. The highest BCUT2D eigenvalue weighted by Crippen LogP contribution is 2.25. The quantitative estimate of drug-likeness (QED) is 0.542. The lowest BCUT2D eigenvalue weighted by Gasteiger charge is -2.14. The van der Waals surface area contributed by atoms with E-state index < -0.39 is 11.9 Å². The molecule has 1 amide bonds. The van der Waals surface area contributed by atoms with Crippen LogP contribution in [0.25, 0.3) is 0 Å². The van der Waals surface area contributed by atoms with E-state index in [0.29, 0.717) is 12.3 Å². The van der Waals surface area contributed by atoms with Gasteiger partial charge in [-0.05, 0) is 31.2 Å². The Balaban J connectivity index is 1.51. The van der Waals surface area contributed by atoms with Gasteiger partial charge in [-0.1, -0.05) is 23.9 Å². The number of aromatic nitrogens is 2. The topological polar surface area (TPSA) is 81.6 Å². The van der Waals surface area contributed by atoms with Crippen molar-refractivity contribution in [1.29, 1.82) is 0 Å². The van der Waals surface area contributed by atoms with Gasteiger partial charge in [0.25, 0.3) is 11.1 Å². The molecule has 0 bridgehead atoms. The Kier molecular flexibility index (Phi) is 6.12. The molecule has 0 fully saturated rings. The summed E-state index contributed by atoms with van der Waals surface area (Å²) in [5, 5.41) is 8.04. The van der Waals surface area contributed by atoms with E-state index in [1.54, 1.807) is 49.4 Å².